The van der Waals surface area contributed by atoms with Crippen molar-refractivity contribution in [2.24, 2.45) is 0 Å². The molecule has 3 aromatic rings. The fourth-order valence-electron chi connectivity index (χ4n) is 2.53. The Balaban J connectivity index is 0.000000248. The Hall–Kier alpha value is -3.16. The van der Waals surface area contributed by atoms with E-state index >= 15 is 0 Å². The second-order valence-electron chi connectivity index (χ2n) is 6.47. The number of nitrogens with zero attached hydrogens (tertiary/aromatic N) is 1. The Morgan fingerprint density at radius 2 is 1.43 bits per heavy atom. The standard InChI is InChI=1S/C16H17NO2.C7H8O3S/c1-12-10-14(8-9-17-12)5-4-13-6-7-15(18-2)16(11-13)19-3;1-6-2-4-7(5-3-6)11(8,9)10/h4-11H,1-3H3;2-5H,1H3,(H,8,9,10). The molecule has 0 spiro atoms. The van der Waals surface area contributed by atoms with E-state index in [4.69, 9.17) is 14.0 Å². The molecule has 1 N–H and O–H groups in total. The van der Waals surface area contributed by atoms with Crippen molar-refractivity contribution >= 4 is 22.3 Å². The van der Waals surface area contributed by atoms with Gasteiger partial charge < -0.3 is 9.47 Å². The highest BCUT2D eigenvalue weighted by Crippen LogP contribution is 2.28. The van der Waals surface area contributed by atoms with Crippen molar-refractivity contribution in [3.05, 3.63) is 83.2 Å². The lowest BCUT2D eigenvalue weighted by Crippen LogP contribution is -1.96. The molecule has 3 rings (SSSR count). The summed E-state index contributed by atoms with van der Waals surface area (Å²) in [4.78, 5) is 4.11. The summed E-state index contributed by atoms with van der Waals surface area (Å²) in [6.07, 6.45) is 5.90. The maximum Gasteiger partial charge on any atom is 0.294 e. The van der Waals surface area contributed by atoms with E-state index in [0.29, 0.717) is 0 Å². The van der Waals surface area contributed by atoms with Crippen molar-refractivity contribution in [2.75, 3.05) is 14.2 Å². The first-order chi connectivity index (χ1) is 14.2. The number of benzene rings is 2. The van der Waals surface area contributed by atoms with Gasteiger partial charge in [0.15, 0.2) is 11.5 Å². The highest BCUT2D eigenvalue weighted by Gasteiger charge is 2.06. The van der Waals surface area contributed by atoms with E-state index in [0.717, 1.165) is 33.9 Å². The molecule has 0 saturated heterocycles. The minimum Gasteiger partial charge on any atom is -0.493 e. The molecule has 0 saturated carbocycles. The molecule has 1 heterocycles. The van der Waals surface area contributed by atoms with Crippen molar-refractivity contribution < 1.29 is 22.4 Å². The highest BCUT2D eigenvalue weighted by atomic mass is 32.2. The Kier molecular flexibility index (Phi) is 8.15. The van der Waals surface area contributed by atoms with Crippen LogP contribution in [-0.4, -0.2) is 32.2 Å². The quantitative estimate of drug-likeness (QED) is 0.588. The molecule has 158 valence electrons. The van der Waals surface area contributed by atoms with Gasteiger partial charge in [-0.2, -0.15) is 8.42 Å². The third-order valence-corrected chi connectivity index (χ3v) is 4.98. The molecule has 6 nitrogen and oxygen atoms in total. The van der Waals surface area contributed by atoms with E-state index in [1.165, 1.54) is 12.1 Å². The van der Waals surface area contributed by atoms with Crippen molar-refractivity contribution in [3.63, 3.8) is 0 Å². The SMILES string of the molecule is COc1ccc(C=Cc2ccnc(C)c2)cc1OC.Cc1ccc(S(=O)(=O)O)cc1. The summed E-state index contributed by atoms with van der Waals surface area (Å²) in [5.41, 5.74) is 4.15. The fourth-order valence-corrected chi connectivity index (χ4v) is 3.01. The van der Waals surface area contributed by atoms with Crippen LogP contribution in [0.1, 0.15) is 22.4 Å². The lowest BCUT2D eigenvalue weighted by molar-refractivity contribution is 0.355. The first kappa shape index (κ1) is 23.1. The zero-order valence-corrected chi connectivity index (χ0v) is 18.2. The van der Waals surface area contributed by atoms with Crippen molar-refractivity contribution in [1.29, 1.82) is 0 Å². The molecule has 0 bridgehead atoms. The Morgan fingerprint density at radius 3 is 1.97 bits per heavy atom. The molecule has 0 aliphatic heterocycles. The van der Waals surface area contributed by atoms with Gasteiger partial charge in [0.05, 0.1) is 19.1 Å². The molecule has 0 atom stereocenters. The maximum atomic E-state index is 10.5. The van der Waals surface area contributed by atoms with E-state index < -0.39 is 10.1 Å². The second kappa shape index (κ2) is 10.6. The Labute approximate surface area is 177 Å². The zero-order chi connectivity index (χ0) is 22.1. The summed E-state index contributed by atoms with van der Waals surface area (Å²) in [5, 5.41) is 0. The van der Waals surface area contributed by atoms with E-state index in [9.17, 15) is 8.42 Å². The van der Waals surface area contributed by atoms with Gasteiger partial charge in [-0.15, -0.1) is 0 Å². The van der Waals surface area contributed by atoms with E-state index in [1.807, 2.05) is 56.5 Å². The van der Waals surface area contributed by atoms with Gasteiger partial charge in [-0.05, 0) is 61.4 Å². The third kappa shape index (κ3) is 7.02. The summed E-state index contributed by atoms with van der Waals surface area (Å²) in [7, 11) is -0.751. The van der Waals surface area contributed by atoms with Gasteiger partial charge in [-0.1, -0.05) is 35.9 Å². The van der Waals surface area contributed by atoms with E-state index in [-0.39, 0.29) is 4.90 Å². The summed E-state index contributed by atoms with van der Waals surface area (Å²) in [6.45, 7) is 3.82. The van der Waals surface area contributed by atoms with Crippen LogP contribution in [0, 0.1) is 13.8 Å². The average Bonchev–Trinajstić information content (AvgIpc) is 2.72. The van der Waals surface area contributed by atoms with Gasteiger partial charge in [-0.3, -0.25) is 9.54 Å². The van der Waals surface area contributed by atoms with Crippen LogP contribution in [0.4, 0.5) is 0 Å². The van der Waals surface area contributed by atoms with Crippen molar-refractivity contribution in [3.8, 4) is 11.5 Å². The first-order valence-electron chi connectivity index (χ1n) is 9.10. The molecule has 0 aliphatic carbocycles. The van der Waals surface area contributed by atoms with Crippen LogP contribution >= 0.6 is 0 Å². The number of rotatable bonds is 5. The van der Waals surface area contributed by atoms with Crippen LogP contribution in [-0.2, 0) is 10.1 Å². The van der Waals surface area contributed by atoms with Crippen LogP contribution in [0.3, 0.4) is 0 Å². The van der Waals surface area contributed by atoms with Crippen molar-refractivity contribution in [2.45, 2.75) is 18.7 Å². The topological polar surface area (TPSA) is 85.7 Å². The number of methoxy groups -OCH3 is 2. The number of ether oxygens (including phenoxy) is 2. The summed E-state index contributed by atoms with van der Waals surface area (Å²) >= 11 is 0. The van der Waals surface area contributed by atoms with Gasteiger partial charge in [0, 0.05) is 11.9 Å². The molecular weight excluding hydrogens is 402 g/mol. The van der Waals surface area contributed by atoms with Gasteiger partial charge in [-0.25, -0.2) is 0 Å². The summed E-state index contributed by atoms with van der Waals surface area (Å²) < 4.78 is 40.0. The molecule has 1 aromatic heterocycles. The van der Waals surface area contributed by atoms with Crippen molar-refractivity contribution in [1.82, 2.24) is 4.98 Å². The minimum atomic E-state index is -4.02. The predicted octanol–water partition coefficient (Wildman–Crippen LogP) is 4.82. The van der Waals surface area contributed by atoms with Gasteiger partial charge in [0.2, 0.25) is 0 Å². The molecule has 0 unspecified atom stereocenters. The smallest absolute Gasteiger partial charge is 0.294 e. The average molecular weight is 428 g/mol. The number of hydrogen-bond donors (Lipinski definition) is 1. The first-order valence-corrected chi connectivity index (χ1v) is 10.5. The minimum absolute atomic E-state index is 0.0666. The molecule has 0 radical (unpaired) electrons. The zero-order valence-electron chi connectivity index (χ0n) is 17.4. The predicted molar refractivity (Wildman–Crippen MR) is 118 cm³/mol. The largest absolute Gasteiger partial charge is 0.493 e. The second-order valence-corrected chi connectivity index (χ2v) is 7.89. The Morgan fingerprint density at radius 1 is 0.833 bits per heavy atom. The van der Waals surface area contributed by atoms with Crippen LogP contribution in [0.25, 0.3) is 12.2 Å². The number of pyridine rings is 1. The molecule has 0 amide bonds. The third-order valence-electron chi connectivity index (χ3n) is 4.12. The van der Waals surface area contributed by atoms with Crippen LogP contribution in [0.15, 0.2) is 65.7 Å². The number of hydrogen-bond acceptors (Lipinski definition) is 5. The Bertz CT molecular complexity index is 1110. The summed E-state index contributed by atoms with van der Waals surface area (Å²) in [6, 6.07) is 15.8. The molecule has 2 aromatic carbocycles. The number of aromatic nitrogens is 1. The highest BCUT2D eigenvalue weighted by molar-refractivity contribution is 7.85. The van der Waals surface area contributed by atoms with Gasteiger partial charge in [0.25, 0.3) is 10.1 Å². The fraction of sp³-hybridized carbons (Fsp3) is 0.174. The van der Waals surface area contributed by atoms with Gasteiger partial charge >= 0.3 is 0 Å². The molecule has 30 heavy (non-hydrogen) atoms. The van der Waals surface area contributed by atoms with E-state index in [2.05, 4.69) is 11.1 Å². The van der Waals surface area contributed by atoms with Crippen LogP contribution in [0.5, 0.6) is 11.5 Å². The molecular formula is C23H25NO5S. The molecule has 0 aliphatic rings. The molecule has 0 fully saturated rings. The lowest BCUT2D eigenvalue weighted by atomic mass is 10.1. The number of aryl methyl sites for hydroxylation is 2. The summed E-state index contributed by atoms with van der Waals surface area (Å²) in [5.74, 6) is 1.47. The lowest BCUT2D eigenvalue weighted by Gasteiger charge is -2.07. The van der Waals surface area contributed by atoms with Crippen LogP contribution in [0.2, 0.25) is 0 Å². The van der Waals surface area contributed by atoms with E-state index in [1.54, 1.807) is 26.4 Å². The normalized spacial score (nSPS) is 11.0. The maximum absolute atomic E-state index is 10.5. The monoisotopic (exact) mass is 427 g/mol. The van der Waals surface area contributed by atoms with Gasteiger partial charge in [0.1, 0.15) is 0 Å². The molecule has 7 heteroatoms. The van der Waals surface area contributed by atoms with Crippen LogP contribution < -0.4 is 9.47 Å².